The lowest BCUT2D eigenvalue weighted by atomic mass is 9.97. The number of thiocarbonyl (C=S) groups is 1. The SMILES string of the molecule is Cc1cc([C@@H]2[C@@H](c3ccccn3)NC(=S)N2CCO)c(C)n1C1CCCC1. The molecule has 1 aliphatic heterocycles. The minimum Gasteiger partial charge on any atom is -0.395 e. The maximum absolute atomic E-state index is 9.62. The Balaban J connectivity index is 1.78. The molecule has 27 heavy (non-hydrogen) atoms. The molecule has 2 aromatic heterocycles. The van der Waals surface area contributed by atoms with Crippen LogP contribution in [-0.4, -0.2) is 37.8 Å². The Labute approximate surface area is 166 Å². The fourth-order valence-corrected chi connectivity index (χ4v) is 5.25. The van der Waals surface area contributed by atoms with E-state index in [0.29, 0.717) is 17.7 Å². The first-order chi connectivity index (χ1) is 13.1. The van der Waals surface area contributed by atoms with Gasteiger partial charge in [0.25, 0.3) is 0 Å². The zero-order valence-electron chi connectivity index (χ0n) is 16.1. The molecule has 4 rings (SSSR count). The summed E-state index contributed by atoms with van der Waals surface area (Å²) < 4.78 is 2.52. The molecule has 0 radical (unpaired) electrons. The number of pyridine rings is 1. The molecule has 5 nitrogen and oxygen atoms in total. The molecule has 2 fully saturated rings. The van der Waals surface area contributed by atoms with Crippen molar-refractivity contribution in [1.29, 1.82) is 0 Å². The molecular formula is C21H28N4OS. The molecule has 2 aliphatic rings. The average Bonchev–Trinajstić information content (AvgIpc) is 3.36. The second kappa shape index (κ2) is 7.60. The first kappa shape index (κ1) is 18.4. The van der Waals surface area contributed by atoms with E-state index in [1.165, 1.54) is 42.6 Å². The summed E-state index contributed by atoms with van der Waals surface area (Å²) in [5, 5.41) is 13.8. The van der Waals surface area contributed by atoms with E-state index < -0.39 is 0 Å². The van der Waals surface area contributed by atoms with Gasteiger partial charge in [-0.25, -0.2) is 0 Å². The van der Waals surface area contributed by atoms with E-state index in [9.17, 15) is 5.11 Å². The highest BCUT2D eigenvalue weighted by atomic mass is 32.1. The van der Waals surface area contributed by atoms with Gasteiger partial charge < -0.3 is 19.9 Å². The summed E-state index contributed by atoms with van der Waals surface area (Å²) in [6.45, 7) is 5.04. The van der Waals surface area contributed by atoms with E-state index in [1.54, 1.807) is 0 Å². The molecule has 0 bridgehead atoms. The van der Waals surface area contributed by atoms with E-state index >= 15 is 0 Å². The highest BCUT2D eigenvalue weighted by Crippen LogP contribution is 2.42. The van der Waals surface area contributed by atoms with Crippen molar-refractivity contribution in [3.63, 3.8) is 0 Å². The van der Waals surface area contributed by atoms with E-state index in [4.69, 9.17) is 12.2 Å². The first-order valence-electron chi connectivity index (χ1n) is 9.89. The standard InChI is InChI=1S/C21H28N4OS/c1-14-13-17(15(2)25(14)16-7-3-4-8-16)20-19(18-9-5-6-10-22-18)23-21(27)24(20)11-12-26/h5-6,9-10,13,16,19-20,26H,3-4,7-8,11-12H2,1-2H3,(H,23,27)/t19-,20-/m1/s1. The van der Waals surface area contributed by atoms with Crippen LogP contribution in [0.5, 0.6) is 0 Å². The Kier molecular flexibility index (Phi) is 5.19. The summed E-state index contributed by atoms with van der Waals surface area (Å²) in [6, 6.07) is 8.95. The van der Waals surface area contributed by atoms with Crippen molar-refractivity contribution < 1.29 is 5.11 Å². The number of β-amino-alcohol motifs (C(OH)–C–C–N with tert-alkyl or cyclic N) is 1. The van der Waals surface area contributed by atoms with Crippen LogP contribution in [0.2, 0.25) is 0 Å². The van der Waals surface area contributed by atoms with Gasteiger partial charge in [-0.2, -0.15) is 0 Å². The summed E-state index contributed by atoms with van der Waals surface area (Å²) in [5.41, 5.74) is 4.91. The number of aliphatic hydroxyl groups excluding tert-OH is 1. The summed E-state index contributed by atoms with van der Waals surface area (Å²) in [6.07, 6.45) is 6.99. The number of aromatic nitrogens is 2. The molecule has 1 saturated carbocycles. The van der Waals surface area contributed by atoms with Crippen LogP contribution in [0.1, 0.15) is 66.5 Å². The van der Waals surface area contributed by atoms with Gasteiger partial charge >= 0.3 is 0 Å². The van der Waals surface area contributed by atoms with Crippen molar-refractivity contribution in [1.82, 2.24) is 19.8 Å². The molecule has 3 heterocycles. The predicted octanol–water partition coefficient (Wildman–Crippen LogP) is 3.58. The first-order valence-corrected chi connectivity index (χ1v) is 10.3. The van der Waals surface area contributed by atoms with E-state index in [1.807, 2.05) is 24.4 Å². The third kappa shape index (κ3) is 3.25. The van der Waals surface area contributed by atoms with Gasteiger partial charge in [-0.15, -0.1) is 0 Å². The summed E-state index contributed by atoms with van der Waals surface area (Å²) in [7, 11) is 0. The summed E-state index contributed by atoms with van der Waals surface area (Å²) >= 11 is 5.62. The zero-order valence-corrected chi connectivity index (χ0v) is 16.9. The number of hydrogen-bond donors (Lipinski definition) is 2. The number of nitrogens with zero attached hydrogens (tertiary/aromatic N) is 3. The average molecular weight is 385 g/mol. The van der Waals surface area contributed by atoms with Crippen LogP contribution in [0.3, 0.4) is 0 Å². The molecule has 0 unspecified atom stereocenters. The third-order valence-corrected chi connectivity index (χ3v) is 6.42. The number of hydrogen-bond acceptors (Lipinski definition) is 3. The molecular weight excluding hydrogens is 356 g/mol. The van der Waals surface area contributed by atoms with E-state index in [2.05, 4.69) is 39.7 Å². The Morgan fingerprint density at radius 3 is 2.70 bits per heavy atom. The number of rotatable bonds is 5. The smallest absolute Gasteiger partial charge is 0.170 e. The minimum absolute atomic E-state index is 0.0113. The van der Waals surface area contributed by atoms with Crippen molar-refractivity contribution in [2.75, 3.05) is 13.2 Å². The highest BCUT2D eigenvalue weighted by molar-refractivity contribution is 7.80. The van der Waals surface area contributed by atoms with Gasteiger partial charge in [0, 0.05) is 30.2 Å². The molecule has 1 aliphatic carbocycles. The van der Waals surface area contributed by atoms with E-state index in [-0.39, 0.29) is 18.7 Å². The second-order valence-electron chi connectivity index (χ2n) is 7.68. The van der Waals surface area contributed by atoms with Gasteiger partial charge in [-0.05, 0) is 62.7 Å². The number of aliphatic hydroxyl groups is 1. The van der Waals surface area contributed by atoms with Crippen LogP contribution in [0.15, 0.2) is 30.5 Å². The van der Waals surface area contributed by atoms with Crippen LogP contribution < -0.4 is 5.32 Å². The van der Waals surface area contributed by atoms with Crippen molar-refractivity contribution in [2.45, 2.75) is 57.7 Å². The van der Waals surface area contributed by atoms with Gasteiger partial charge in [0.05, 0.1) is 24.4 Å². The minimum atomic E-state index is -0.0113. The zero-order chi connectivity index (χ0) is 19.0. The highest BCUT2D eigenvalue weighted by Gasteiger charge is 2.41. The van der Waals surface area contributed by atoms with Crippen molar-refractivity contribution in [3.05, 3.63) is 53.1 Å². The fourth-order valence-electron chi connectivity index (χ4n) is 4.92. The molecule has 6 heteroatoms. The topological polar surface area (TPSA) is 53.3 Å². The lowest BCUT2D eigenvalue weighted by Crippen LogP contribution is -2.32. The van der Waals surface area contributed by atoms with Crippen LogP contribution in [0, 0.1) is 13.8 Å². The molecule has 2 N–H and O–H groups in total. The normalized spacial score (nSPS) is 23.2. The molecule has 2 atom stereocenters. The predicted molar refractivity (Wildman–Crippen MR) is 111 cm³/mol. The van der Waals surface area contributed by atoms with Crippen LogP contribution in [0.4, 0.5) is 0 Å². The lowest BCUT2D eigenvalue weighted by molar-refractivity contribution is 0.222. The molecule has 0 spiro atoms. The largest absolute Gasteiger partial charge is 0.395 e. The van der Waals surface area contributed by atoms with Gasteiger partial charge in [0.2, 0.25) is 0 Å². The van der Waals surface area contributed by atoms with Crippen LogP contribution in [-0.2, 0) is 0 Å². The van der Waals surface area contributed by atoms with Crippen LogP contribution in [0.25, 0.3) is 0 Å². The number of nitrogens with one attached hydrogen (secondary N) is 1. The quantitative estimate of drug-likeness (QED) is 0.772. The molecule has 2 aromatic rings. The molecule has 0 amide bonds. The Morgan fingerprint density at radius 2 is 2.04 bits per heavy atom. The van der Waals surface area contributed by atoms with Gasteiger partial charge in [-0.3, -0.25) is 4.98 Å². The van der Waals surface area contributed by atoms with Gasteiger partial charge in [0.1, 0.15) is 0 Å². The Morgan fingerprint density at radius 1 is 1.26 bits per heavy atom. The van der Waals surface area contributed by atoms with Crippen molar-refractivity contribution in [3.8, 4) is 0 Å². The monoisotopic (exact) mass is 384 g/mol. The molecule has 144 valence electrons. The maximum Gasteiger partial charge on any atom is 0.170 e. The Bertz CT molecular complexity index is 813. The summed E-state index contributed by atoms with van der Waals surface area (Å²) in [5.74, 6) is 0. The van der Waals surface area contributed by atoms with Gasteiger partial charge in [0.15, 0.2) is 5.11 Å². The molecule has 0 aromatic carbocycles. The van der Waals surface area contributed by atoms with Gasteiger partial charge in [-0.1, -0.05) is 18.9 Å². The Hall–Kier alpha value is -1.92. The van der Waals surface area contributed by atoms with Crippen molar-refractivity contribution >= 4 is 17.3 Å². The third-order valence-electron chi connectivity index (χ3n) is 6.07. The summed E-state index contributed by atoms with van der Waals surface area (Å²) in [4.78, 5) is 6.70. The van der Waals surface area contributed by atoms with Crippen LogP contribution >= 0.6 is 12.2 Å². The van der Waals surface area contributed by atoms with Crippen molar-refractivity contribution in [2.24, 2.45) is 0 Å². The lowest BCUT2D eigenvalue weighted by Gasteiger charge is -2.28. The number of aryl methyl sites for hydroxylation is 1. The second-order valence-corrected chi connectivity index (χ2v) is 8.07. The fraction of sp³-hybridized carbons (Fsp3) is 0.524. The molecule has 1 saturated heterocycles. The maximum atomic E-state index is 9.62. The van der Waals surface area contributed by atoms with E-state index in [0.717, 1.165) is 5.69 Å².